The Morgan fingerprint density at radius 1 is 1.53 bits per heavy atom. The first kappa shape index (κ1) is 12.4. The van der Waals surface area contributed by atoms with Crippen LogP contribution in [0.2, 0.25) is 0 Å². The van der Waals surface area contributed by atoms with Crippen molar-refractivity contribution in [1.82, 2.24) is 0 Å². The highest BCUT2D eigenvalue weighted by Crippen LogP contribution is 2.52. The van der Waals surface area contributed by atoms with Crippen LogP contribution in [0.1, 0.15) is 26.2 Å². The highest BCUT2D eigenvalue weighted by Gasteiger charge is 2.50. The summed E-state index contributed by atoms with van der Waals surface area (Å²) in [5, 5.41) is 9.31. The SMILES string of the molecule is CCC1CC(Sc2ccccc2F)(C(=O)O)C1. The first-order chi connectivity index (χ1) is 8.07. The van der Waals surface area contributed by atoms with E-state index in [9.17, 15) is 14.3 Å². The van der Waals surface area contributed by atoms with E-state index >= 15 is 0 Å². The van der Waals surface area contributed by atoms with E-state index < -0.39 is 10.7 Å². The number of carboxylic acid groups (broad SMARTS) is 1. The number of hydrogen-bond donors (Lipinski definition) is 1. The van der Waals surface area contributed by atoms with E-state index in [2.05, 4.69) is 6.92 Å². The van der Waals surface area contributed by atoms with E-state index in [1.807, 2.05) is 0 Å². The van der Waals surface area contributed by atoms with Crippen molar-refractivity contribution in [3.05, 3.63) is 30.1 Å². The molecule has 0 saturated heterocycles. The van der Waals surface area contributed by atoms with Crippen molar-refractivity contribution >= 4 is 17.7 Å². The lowest BCUT2D eigenvalue weighted by molar-refractivity contribution is -0.143. The average Bonchev–Trinajstić information content (AvgIpc) is 2.24. The maximum absolute atomic E-state index is 13.5. The zero-order valence-electron chi connectivity index (χ0n) is 9.65. The van der Waals surface area contributed by atoms with Crippen LogP contribution in [0.15, 0.2) is 29.2 Å². The van der Waals surface area contributed by atoms with Gasteiger partial charge in [-0.1, -0.05) is 25.5 Å². The molecule has 0 heterocycles. The number of carbonyl (C=O) groups is 1. The van der Waals surface area contributed by atoms with Crippen molar-refractivity contribution in [3.63, 3.8) is 0 Å². The Balaban J connectivity index is 2.16. The summed E-state index contributed by atoms with van der Waals surface area (Å²) in [4.78, 5) is 11.8. The summed E-state index contributed by atoms with van der Waals surface area (Å²) in [6, 6.07) is 6.36. The van der Waals surface area contributed by atoms with Gasteiger partial charge in [0.05, 0.1) is 0 Å². The van der Waals surface area contributed by atoms with Gasteiger partial charge in [0.15, 0.2) is 0 Å². The molecule has 1 aromatic rings. The lowest BCUT2D eigenvalue weighted by Gasteiger charge is -2.43. The Bertz CT molecular complexity index is 427. The number of benzene rings is 1. The fourth-order valence-corrected chi connectivity index (χ4v) is 3.66. The zero-order valence-corrected chi connectivity index (χ0v) is 10.5. The molecule has 0 bridgehead atoms. The molecule has 0 unspecified atom stereocenters. The number of halogens is 1. The molecule has 92 valence electrons. The molecule has 1 aromatic carbocycles. The lowest BCUT2D eigenvalue weighted by Crippen LogP contribution is -2.47. The van der Waals surface area contributed by atoms with Crippen molar-refractivity contribution in [2.45, 2.75) is 35.8 Å². The topological polar surface area (TPSA) is 37.3 Å². The average molecular weight is 254 g/mol. The molecule has 0 atom stereocenters. The predicted octanol–water partition coefficient (Wildman–Crippen LogP) is 3.56. The number of rotatable bonds is 4. The zero-order chi connectivity index (χ0) is 12.5. The maximum atomic E-state index is 13.5. The normalized spacial score (nSPS) is 27.5. The van der Waals surface area contributed by atoms with Crippen LogP contribution < -0.4 is 0 Å². The van der Waals surface area contributed by atoms with Gasteiger partial charge in [-0.25, -0.2) is 4.39 Å². The van der Waals surface area contributed by atoms with Gasteiger partial charge in [0, 0.05) is 4.90 Å². The molecule has 1 saturated carbocycles. The third-order valence-corrected chi connectivity index (χ3v) is 4.80. The van der Waals surface area contributed by atoms with Gasteiger partial charge in [-0.15, -0.1) is 11.8 Å². The van der Waals surface area contributed by atoms with Crippen molar-refractivity contribution < 1.29 is 14.3 Å². The smallest absolute Gasteiger partial charge is 0.320 e. The summed E-state index contributed by atoms with van der Waals surface area (Å²) in [5.41, 5.74) is 0. The first-order valence-corrected chi connectivity index (χ1v) is 6.56. The Morgan fingerprint density at radius 3 is 2.71 bits per heavy atom. The minimum absolute atomic E-state index is 0.335. The van der Waals surface area contributed by atoms with E-state index in [0.29, 0.717) is 23.7 Å². The number of aliphatic carboxylic acids is 1. The predicted molar refractivity (Wildman–Crippen MR) is 65.6 cm³/mol. The van der Waals surface area contributed by atoms with E-state index in [0.717, 1.165) is 18.2 Å². The molecule has 0 radical (unpaired) electrons. The molecule has 0 aromatic heterocycles. The van der Waals surface area contributed by atoms with Gasteiger partial charge >= 0.3 is 5.97 Å². The van der Waals surface area contributed by atoms with Gasteiger partial charge in [0.1, 0.15) is 10.6 Å². The Kier molecular flexibility index (Phi) is 3.43. The Labute approximate surface area is 104 Å². The van der Waals surface area contributed by atoms with Crippen molar-refractivity contribution in [3.8, 4) is 0 Å². The largest absolute Gasteiger partial charge is 0.480 e. The minimum atomic E-state index is -0.824. The van der Waals surface area contributed by atoms with Gasteiger partial charge in [0.25, 0.3) is 0 Å². The van der Waals surface area contributed by atoms with Crippen LogP contribution in [-0.4, -0.2) is 15.8 Å². The molecular weight excluding hydrogens is 239 g/mol. The van der Waals surface area contributed by atoms with Gasteiger partial charge in [-0.05, 0) is 30.9 Å². The summed E-state index contributed by atoms with van der Waals surface area (Å²) >= 11 is 1.16. The maximum Gasteiger partial charge on any atom is 0.320 e. The second-order valence-corrected chi connectivity index (χ2v) is 5.94. The van der Waals surface area contributed by atoms with Gasteiger partial charge in [-0.2, -0.15) is 0 Å². The second kappa shape index (κ2) is 4.69. The van der Waals surface area contributed by atoms with Gasteiger partial charge in [0.2, 0.25) is 0 Å². The first-order valence-electron chi connectivity index (χ1n) is 5.74. The summed E-state index contributed by atoms with van der Waals surface area (Å²) < 4.78 is 12.7. The lowest BCUT2D eigenvalue weighted by atomic mass is 9.73. The highest BCUT2D eigenvalue weighted by molar-refractivity contribution is 8.01. The minimum Gasteiger partial charge on any atom is -0.480 e. The highest BCUT2D eigenvalue weighted by atomic mass is 32.2. The third-order valence-electron chi connectivity index (χ3n) is 3.35. The molecular formula is C13H15FO2S. The fourth-order valence-electron chi connectivity index (χ4n) is 2.20. The van der Waals surface area contributed by atoms with Crippen molar-refractivity contribution in [2.24, 2.45) is 5.92 Å². The van der Waals surface area contributed by atoms with E-state index in [1.54, 1.807) is 18.2 Å². The molecule has 1 N–H and O–H groups in total. The molecule has 4 heteroatoms. The summed E-state index contributed by atoms with van der Waals surface area (Å²) in [5.74, 6) is -0.695. The molecule has 1 aliphatic rings. The van der Waals surface area contributed by atoms with Crippen LogP contribution >= 0.6 is 11.8 Å². The monoisotopic (exact) mass is 254 g/mol. The summed E-state index contributed by atoms with van der Waals surface area (Å²) in [6.45, 7) is 2.06. The van der Waals surface area contributed by atoms with Crippen LogP contribution in [0.3, 0.4) is 0 Å². The molecule has 17 heavy (non-hydrogen) atoms. The van der Waals surface area contributed by atoms with Gasteiger partial charge < -0.3 is 5.11 Å². The van der Waals surface area contributed by atoms with Crippen LogP contribution in [0.25, 0.3) is 0 Å². The van der Waals surface area contributed by atoms with Crippen LogP contribution in [0, 0.1) is 11.7 Å². The van der Waals surface area contributed by atoms with E-state index in [4.69, 9.17) is 0 Å². The number of hydrogen-bond acceptors (Lipinski definition) is 2. The molecule has 0 aliphatic heterocycles. The van der Waals surface area contributed by atoms with E-state index in [-0.39, 0.29) is 5.82 Å². The second-order valence-electron chi connectivity index (χ2n) is 4.51. The van der Waals surface area contributed by atoms with Crippen LogP contribution in [-0.2, 0) is 4.79 Å². The summed E-state index contributed by atoms with van der Waals surface area (Å²) in [6.07, 6.45) is 2.27. The number of thioether (sulfide) groups is 1. The molecule has 2 rings (SSSR count). The molecule has 1 fully saturated rings. The van der Waals surface area contributed by atoms with Crippen molar-refractivity contribution in [2.75, 3.05) is 0 Å². The standard InChI is InChI=1S/C13H15FO2S/c1-2-9-7-13(8-9,12(15)16)17-11-6-4-3-5-10(11)14/h3-6,9H,2,7-8H2,1H3,(H,15,16). The van der Waals surface area contributed by atoms with E-state index in [1.165, 1.54) is 6.07 Å². The van der Waals surface area contributed by atoms with Crippen molar-refractivity contribution in [1.29, 1.82) is 0 Å². The Hall–Kier alpha value is -1.03. The fraction of sp³-hybridized carbons (Fsp3) is 0.462. The molecule has 0 amide bonds. The molecule has 0 spiro atoms. The Morgan fingerprint density at radius 2 is 2.18 bits per heavy atom. The third kappa shape index (κ3) is 2.32. The molecule has 1 aliphatic carbocycles. The van der Waals surface area contributed by atoms with Gasteiger partial charge in [-0.3, -0.25) is 4.79 Å². The van der Waals surface area contributed by atoms with Crippen LogP contribution in [0.4, 0.5) is 4.39 Å². The summed E-state index contributed by atoms with van der Waals surface area (Å²) in [7, 11) is 0. The molecule has 2 nitrogen and oxygen atoms in total. The number of carboxylic acids is 1. The quantitative estimate of drug-likeness (QED) is 0.892. The van der Waals surface area contributed by atoms with Crippen LogP contribution in [0.5, 0.6) is 0 Å².